The lowest BCUT2D eigenvalue weighted by Gasteiger charge is -2.55. The number of aliphatic hydroxyl groups is 1. The molecule has 666 valence electrons. The first-order valence-corrected chi connectivity index (χ1v) is 44.3. The van der Waals surface area contributed by atoms with Crippen molar-refractivity contribution in [3.8, 4) is 11.1 Å². The molecule has 4 bridgehead atoms. The topological polar surface area (TPSA) is 392 Å². The summed E-state index contributed by atoms with van der Waals surface area (Å²) in [5.41, 5.74) is 17.1. The molecule has 2 aromatic heterocycles. The SMILES string of the molecule is CC(C)C(NC(=O)c1ccc(-c2ccccc2)cc1)c1ccc(C(=O)NO)cc1.CC(NC(=O)Cc1csc2ccc(Cl)cc12)c1cccc(C(=O)NO)c1.CCC[C@@H](NC(=O)C12CC3CC(CC(C3)C1)C2)c1ccc(C(=O)NO)cc1.C[C@@H](NC(=O)NC(C)(C)C)c1ccc(C(=O)CO)cc1.Cc1c(C(=O)N[C@H](C)c2ccc(C(=O)NO)cc2)sc2ccccc12. The van der Waals surface area contributed by atoms with Gasteiger partial charge in [0, 0.05) is 58.8 Å². The van der Waals surface area contributed by atoms with Crippen LogP contribution in [0.5, 0.6) is 0 Å². The second-order valence-corrected chi connectivity index (χ2v) is 36.2. The van der Waals surface area contributed by atoms with E-state index in [1.807, 2.05) is 183 Å². The predicted molar refractivity (Wildman–Crippen MR) is 493 cm³/mol. The Morgan fingerprint density at radius 2 is 0.945 bits per heavy atom. The summed E-state index contributed by atoms with van der Waals surface area (Å²) in [6, 6.07) is 64.3. The van der Waals surface area contributed by atoms with E-state index in [1.165, 1.54) is 30.6 Å². The number of benzene rings is 9. The Hall–Kier alpha value is -12.3. The Morgan fingerprint density at radius 1 is 0.465 bits per heavy atom. The molecule has 0 spiro atoms. The number of carbonyl (C=O) groups excluding carboxylic acids is 10. The number of fused-ring (bicyclic) bond motifs is 2. The molecule has 10 amide bonds. The van der Waals surface area contributed by atoms with Crippen molar-refractivity contribution in [3.05, 3.63) is 306 Å². The minimum Gasteiger partial charge on any atom is -0.388 e. The Morgan fingerprint density at radius 3 is 1.46 bits per heavy atom. The average molecular weight is 1780 g/mol. The third kappa shape index (κ3) is 26.4. The number of carbonyl (C=O) groups is 10. The molecule has 5 atom stereocenters. The van der Waals surface area contributed by atoms with Gasteiger partial charge in [0.25, 0.3) is 35.4 Å². The molecular weight excluding hydrogens is 1670 g/mol. The van der Waals surface area contributed by atoms with Crippen LogP contribution in [0.15, 0.2) is 224 Å². The maximum absolute atomic E-state index is 13.4. The van der Waals surface area contributed by atoms with Gasteiger partial charge >= 0.3 is 6.03 Å². The van der Waals surface area contributed by atoms with E-state index in [0.717, 1.165) is 120 Å². The van der Waals surface area contributed by atoms with E-state index in [9.17, 15) is 47.9 Å². The van der Waals surface area contributed by atoms with Crippen LogP contribution in [0.3, 0.4) is 0 Å². The minimum absolute atomic E-state index is 0.0262. The largest absolute Gasteiger partial charge is 0.388 e. The normalized spacial score (nSPS) is 16.3. The summed E-state index contributed by atoms with van der Waals surface area (Å²) in [5, 5.41) is 66.4. The fraction of sp³-hybridized carbons (Fsp3) is 0.313. The lowest BCUT2D eigenvalue weighted by molar-refractivity contribution is -0.147. The van der Waals surface area contributed by atoms with Gasteiger partial charge in [-0.05, 0) is 268 Å². The van der Waals surface area contributed by atoms with Crippen molar-refractivity contribution in [1.29, 1.82) is 0 Å². The van der Waals surface area contributed by atoms with Crippen LogP contribution < -0.4 is 53.8 Å². The van der Waals surface area contributed by atoms with Crippen molar-refractivity contribution in [1.82, 2.24) is 53.8 Å². The zero-order valence-electron chi connectivity index (χ0n) is 72.6. The van der Waals surface area contributed by atoms with Crippen molar-refractivity contribution < 1.29 is 73.9 Å². The van der Waals surface area contributed by atoms with Crippen LogP contribution in [0, 0.1) is 36.0 Å². The number of Topliss-reactive ketones (excluding diaryl/α,β-unsaturated/α-hetero) is 1. The smallest absolute Gasteiger partial charge is 0.315 e. The summed E-state index contributed by atoms with van der Waals surface area (Å²) >= 11 is 9.12. The average Bonchev–Trinajstić information content (AvgIpc) is 1.24. The molecule has 25 nitrogen and oxygen atoms in total. The molecule has 4 aliphatic carbocycles. The van der Waals surface area contributed by atoms with Gasteiger partial charge in [0.05, 0.1) is 41.5 Å². The number of amides is 10. The number of halogens is 1. The van der Waals surface area contributed by atoms with Crippen LogP contribution in [0.4, 0.5) is 4.79 Å². The molecule has 4 fully saturated rings. The van der Waals surface area contributed by atoms with Crippen molar-refractivity contribution in [2.24, 2.45) is 29.1 Å². The minimum atomic E-state index is -0.591. The van der Waals surface area contributed by atoms with Crippen LogP contribution in [0.25, 0.3) is 31.3 Å². The van der Waals surface area contributed by atoms with Crippen LogP contribution in [0.1, 0.15) is 255 Å². The fourth-order valence-electron chi connectivity index (χ4n) is 16.6. The molecule has 0 radical (unpaired) electrons. The fourth-order valence-corrected chi connectivity index (χ4v) is 18.9. The van der Waals surface area contributed by atoms with Gasteiger partial charge in [0.2, 0.25) is 11.8 Å². The Labute approximate surface area is 752 Å². The van der Waals surface area contributed by atoms with Gasteiger partial charge in [-0.1, -0.05) is 172 Å². The first kappa shape index (κ1) is 96.9. The summed E-state index contributed by atoms with van der Waals surface area (Å²) in [6.45, 7) is 19.0. The Balaban J connectivity index is 0.000000166. The second kappa shape index (κ2) is 45.2. The van der Waals surface area contributed by atoms with Crippen molar-refractivity contribution >= 4 is 114 Å². The summed E-state index contributed by atoms with van der Waals surface area (Å²) in [7, 11) is 0. The molecule has 11 aromatic rings. The molecule has 4 aliphatic rings. The van der Waals surface area contributed by atoms with Gasteiger partial charge in [-0.15, -0.1) is 22.7 Å². The number of hydroxylamine groups is 4. The van der Waals surface area contributed by atoms with Gasteiger partial charge in [-0.3, -0.25) is 64.0 Å². The molecule has 28 heteroatoms. The second-order valence-electron chi connectivity index (χ2n) is 33.8. The molecule has 15 rings (SSSR count). The molecule has 127 heavy (non-hydrogen) atoms. The Kier molecular flexibility index (Phi) is 34.5. The molecule has 2 heterocycles. The monoisotopic (exact) mass is 1780 g/mol. The van der Waals surface area contributed by atoms with Crippen LogP contribution >= 0.6 is 34.3 Å². The van der Waals surface area contributed by atoms with Crippen LogP contribution in [0.2, 0.25) is 5.02 Å². The summed E-state index contributed by atoms with van der Waals surface area (Å²) in [5.74, 6) is -0.283. The maximum atomic E-state index is 13.4. The van der Waals surface area contributed by atoms with Gasteiger partial charge in [0.15, 0.2) is 5.78 Å². The van der Waals surface area contributed by atoms with Gasteiger partial charge in [0.1, 0.15) is 6.61 Å². The number of hydrogen-bond acceptors (Lipinski definition) is 17. The van der Waals surface area contributed by atoms with E-state index in [2.05, 4.69) is 38.8 Å². The number of aliphatic hydroxyl groups excluding tert-OH is 1. The van der Waals surface area contributed by atoms with E-state index in [-0.39, 0.29) is 88.9 Å². The van der Waals surface area contributed by atoms with E-state index < -0.39 is 30.2 Å². The first-order valence-electron chi connectivity index (χ1n) is 42.2. The van der Waals surface area contributed by atoms with Crippen molar-refractivity contribution in [2.75, 3.05) is 6.61 Å². The molecule has 0 saturated heterocycles. The molecule has 0 aliphatic heterocycles. The predicted octanol–water partition coefficient (Wildman–Crippen LogP) is 18.5. The molecular formula is C99H111ClN10O15S2. The maximum Gasteiger partial charge on any atom is 0.315 e. The highest BCUT2D eigenvalue weighted by atomic mass is 35.5. The number of ketones is 1. The highest BCUT2D eigenvalue weighted by Crippen LogP contribution is 2.60. The van der Waals surface area contributed by atoms with E-state index in [4.69, 9.17) is 37.5 Å². The quantitative estimate of drug-likeness (QED) is 0.0144. The van der Waals surface area contributed by atoms with E-state index in [0.29, 0.717) is 43.3 Å². The lowest BCUT2D eigenvalue weighted by Crippen LogP contribution is -2.54. The third-order valence-electron chi connectivity index (χ3n) is 22.9. The highest BCUT2D eigenvalue weighted by Gasteiger charge is 2.55. The summed E-state index contributed by atoms with van der Waals surface area (Å²) < 4.78 is 2.19. The molecule has 15 N–H and O–H groups in total. The standard InChI is InChI=1S/C24H24N2O3.C22H30N2O3.C19H17ClN2O3S.C19H18N2O3S.C15H22N2O3/c1-16(2)22(19-10-14-21(15-11-19)24(28)26-29)25-23(27)20-12-8-18(9-13-20)17-6-4-3-5-7-17;1-2-3-19(17-4-6-18(7-5-17)20(25)24-27)23-21(26)22-11-14-8-15(12-22)10-16(9-14)13-22;1-11(12-3-2-4-13(7-12)19(24)22-25)21-18(23)8-14-10-26-17-6-5-15(20)9-16(14)17;1-11-15-5-3-4-6-16(15)25-17(11)19(23)20-12(2)13-7-9-14(10-8-13)18(22)21-24;1-10(16-14(20)17-15(2,3)4)11-5-7-12(8-6-11)13(19)9-18/h3-16,22,29H,1-2H3,(H,25,27)(H,26,28);4-7,14-16,19,27H,2-3,8-13H2,1H3,(H,23,26)(H,24,25);2-7,9-11,25H,8H2,1H3,(H,21,23)(H,22,24);3-10,12,24H,1-2H3,(H,20,23)(H,21,22);5-8,10,18H,9H2,1-4H3,(H2,16,17,20)/t;14?,15?,16?,19-,22?;;12-;10-/m.1.11/s1. The van der Waals surface area contributed by atoms with Gasteiger partial charge in [-0.25, -0.2) is 26.7 Å². The van der Waals surface area contributed by atoms with Crippen LogP contribution in [-0.2, 0) is 16.0 Å². The number of aryl methyl sites for hydroxylation is 1. The number of hydrogen-bond donors (Lipinski definition) is 15. The van der Waals surface area contributed by atoms with E-state index >= 15 is 0 Å². The number of thiophene rings is 2. The van der Waals surface area contributed by atoms with Crippen molar-refractivity contribution in [2.45, 2.75) is 163 Å². The van der Waals surface area contributed by atoms with Gasteiger partial charge < -0.3 is 37.0 Å². The third-order valence-corrected chi connectivity index (χ3v) is 25.4. The first-order chi connectivity index (χ1) is 60.7. The van der Waals surface area contributed by atoms with Crippen molar-refractivity contribution in [3.63, 3.8) is 0 Å². The number of rotatable bonds is 25. The molecule has 4 saturated carbocycles. The number of nitrogens with one attached hydrogen (secondary N) is 10. The Bertz CT molecular complexity index is 5610. The number of urea groups is 1. The summed E-state index contributed by atoms with van der Waals surface area (Å²) in [4.78, 5) is 121. The van der Waals surface area contributed by atoms with E-state index in [1.54, 1.807) is 136 Å². The summed E-state index contributed by atoms with van der Waals surface area (Å²) in [6.07, 6.45) is 9.31. The zero-order chi connectivity index (χ0) is 91.8. The molecule has 2 unspecified atom stereocenters. The van der Waals surface area contributed by atoms with Crippen LogP contribution in [-0.4, -0.2) is 97.2 Å². The highest BCUT2D eigenvalue weighted by molar-refractivity contribution is 7.21. The van der Waals surface area contributed by atoms with Gasteiger partial charge in [-0.2, -0.15) is 0 Å². The lowest BCUT2D eigenvalue weighted by atomic mass is 9.49. The zero-order valence-corrected chi connectivity index (χ0v) is 75.0. The molecule has 9 aromatic carbocycles.